The average Bonchev–Trinajstić information content (AvgIpc) is 2.59. The molecular formula is C12H20N2O3S. The summed E-state index contributed by atoms with van der Waals surface area (Å²) in [5.74, 6) is 0.176. The molecule has 0 N–H and O–H groups in total. The molecule has 1 spiro atoms. The van der Waals surface area contributed by atoms with Gasteiger partial charge >= 0.3 is 0 Å². The van der Waals surface area contributed by atoms with E-state index in [4.69, 9.17) is 0 Å². The summed E-state index contributed by atoms with van der Waals surface area (Å²) in [4.78, 5) is 14.2. The Morgan fingerprint density at radius 2 is 1.83 bits per heavy atom. The Balaban J connectivity index is 2.05. The van der Waals surface area contributed by atoms with Crippen molar-refractivity contribution < 1.29 is 13.2 Å². The second kappa shape index (κ2) is 4.66. The van der Waals surface area contributed by atoms with Crippen LogP contribution in [0.2, 0.25) is 0 Å². The number of likely N-dealkylation sites (tertiary alicyclic amines) is 1. The molecule has 5 nitrogen and oxygen atoms in total. The molecule has 2 aliphatic heterocycles. The minimum atomic E-state index is -3.12. The van der Waals surface area contributed by atoms with Crippen LogP contribution in [0.4, 0.5) is 0 Å². The molecular weight excluding hydrogens is 252 g/mol. The summed E-state index contributed by atoms with van der Waals surface area (Å²) < 4.78 is 24.4. The first-order chi connectivity index (χ1) is 8.39. The number of amides is 1. The maximum absolute atomic E-state index is 12.3. The maximum atomic E-state index is 12.3. The Bertz CT molecular complexity index is 450. The molecule has 18 heavy (non-hydrogen) atoms. The van der Waals surface area contributed by atoms with Crippen LogP contribution >= 0.6 is 0 Å². The molecule has 2 saturated heterocycles. The largest absolute Gasteiger partial charge is 0.338 e. The number of carbonyl (C=O) groups excluding carboxylic acids is 1. The minimum absolute atomic E-state index is 0.176. The van der Waals surface area contributed by atoms with E-state index in [0.29, 0.717) is 32.5 Å². The number of sulfonamides is 1. The lowest BCUT2D eigenvalue weighted by atomic mass is 9.77. The van der Waals surface area contributed by atoms with Crippen molar-refractivity contribution in [2.45, 2.75) is 19.3 Å². The van der Waals surface area contributed by atoms with E-state index < -0.39 is 10.0 Å². The van der Waals surface area contributed by atoms with Gasteiger partial charge in [0.15, 0.2) is 0 Å². The van der Waals surface area contributed by atoms with Crippen molar-refractivity contribution in [3.63, 3.8) is 0 Å². The molecule has 0 aromatic heterocycles. The number of nitrogens with zero attached hydrogens (tertiary/aromatic N) is 2. The molecule has 0 radical (unpaired) electrons. The van der Waals surface area contributed by atoms with E-state index in [-0.39, 0.29) is 11.3 Å². The highest BCUT2D eigenvalue weighted by Crippen LogP contribution is 2.41. The van der Waals surface area contributed by atoms with Crippen LogP contribution in [0.3, 0.4) is 0 Å². The number of hydrogen-bond acceptors (Lipinski definition) is 3. The third-order valence-electron chi connectivity index (χ3n) is 4.10. The van der Waals surface area contributed by atoms with Gasteiger partial charge in [0.05, 0.1) is 11.7 Å². The Labute approximate surface area is 108 Å². The first kappa shape index (κ1) is 13.5. The molecule has 2 fully saturated rings. The van der Waals surface area contributed by atoms with Crippen LogP contribution in [0.15, 0.2) is 12.7 Å². The highest BCUT2D eigenvalue weighted by atomic mass is 32.2. The topological polar surface area (TPSA) is 57.7 Å². The van der Waals surface area contributed by atoms with E-state index in [1.165, 1.54) is 10.6 Å². The predicted molar refractivity (Wildman–Crippen MR) is 69.5 cm³/mol. The molecule has 102 valence electrons. The standard InChI is InChI=1S/C12H20N2O3S/c1-3-7-13-8-4-12(11(13)15)5-9-14(10-6-12)18(2,16)17/h3H,1,4-10H2,2H3. The lowest BCUT2D eigenvalue weighted by Gasteiger charge is -2.36. The first-order valence-corrected chi connectivity index (χ1v) is 8.09. The van der Waals surface area contributed by atoms with Crippen LogP contribution in [0.1, 0.15) is 19.3 Å². The summed E-state index contributed by atoms with van der Waals surface area (Å²) in [5, 5.41) is 0. The van der Waals surface area contributed by atoms with Crippen LogP contribution in [0.25, 0.3) is 0 Å². The molecule has 0 saturated carbocycles. The normalized spacial score (nSPS) is 24.7. The molecule has 2 aliphatic rings. The second-order valence-electron chi connectivity index (χ2n) is 5.23. The lowest BCUT2D eigenvalue weighted by molar-refractivity contribution is -0.137. The summed E-state index contributed by atoms with van der Waals surface area (Å²) in [7, 11) is -3.12. The third-order valence-corrected chi connectivity index (χ3v) is 5.40. The van der Waals surface area contributed by atoms with Gasteiger partial charge in [-0.25, -0.2) is 12.7 Å². The van der Waals surface area contributed by atoms with E-state index in [1.54, 1.807) is 6.08 Å². The number of rotatable bonds is 3. The number of piperidine rings is 1. The smallest absolute Gasteiger partial charge is 0.229 e. The lowest BCUT2D eigenvalue weighted by Crippen LogP contribution is -2.46. The first-order valence-electron chi connectivity index (χ1n) is 6.24. The van der Waals surface area contributed by atoms with Crippen molar-refractivity contribution in [1.29, 1.82) is 0 Å². The van der Waals surface area contributed by atoms with Gasteiger partial charge in [0.25, 0.3) is 0 Å². The van der Waals surface area contributed by atoms with Gasteiger partial charge in [-0.1, -0.05) is 6.08 Å². The Morgan fingerprint density at radius 1 is 1.28 bits per heavy atom. The van der Waals surface area contributed by atoms with Gasteiger partial charge in [0.2, 0.25) is 15.9 Å². The van der Waals surface area contributed by atoms with Crippen LogP contribution in [-0.2, 0) is 14.8 Å². The quantitative estimate of drug-likeness (QED) is 0.701. The summed E-state index contributed by atoms with van der Waals surface area (Å²) in [6.07, 6.45) is 5.10. The van der Waals surface area contributed by atoms with Crippen LogP contribution in [0, 0.1) is 5.41 Å². The summed E-state index contributed by atoms with van der Waals surface area (Å²) in [6.45, 7) is 5.95. The molecule has 0 bridgehead atoms. The van der Waals surface area contributed by atoms with Crippen LogP contribution in [0.5, 0.6) is 0 Å². The minimum Gasteiger partial charge on any atom is -0.338 e. The zero-order valence-electron chi connectivity index (χ0n) is 10.8. The molecule has 0 aromatic carbocycles. The molecule has 1 amide bonds. The van der Waals surface area contributed by atoms with Crippen LogP contribution < -0.4 is 0 Å². The number of hydrogen-bond donors (Lipinski definition) is 0. The molecule has 2 heterocycles. The van der Waals surface area contributed by atoms with Crippen LogP contribution in [-0.4, -0.2) is 56.0 Å². The molecule has 2 rings (SSSR count). The van der Waals surface area contributed by atoms with E-state index in [9.17, 15) is 13.2 Å². The van der Waals surface area contributed by atoms with Crippen molar-refractivity contribution in [3.8, 4) is 0 Å². The number of carbonyl (C=O) groups is 1. The van der Waals surface area contributed by atoms with E-state index >= 15 is 0 Å². The summed E-state index contributed by atoms with van der Waals surface area (Å²) in [5.41, 5.74) is -0.315. The summed E-state index contributed by atoms with van der Waals surface area (Å²) in [6, 6.07) is 0. The Morgan fingerprint density at radius 3 is 2.33 bits per heavy atom. The molecule has 0 unspecified atom stereocenters. The fraction of sp³-hybridized carbons (Fsp3) is 0.750. The van der Waals surface area contributed by atoms with Gasteiger partial charge in [-0.15, -0.1) is 6.58 Å². The molecule has 0 atom stereocenters. The van der Waals surface area contributed by atoms with Gasteiger partial charge < -0.3 is 4.90 Å². The van der Waals surface area contributed by atoms with Crippen molar-refractivity contribution in [2.75, 3.05) is 32.4 Å². The van der Waals surface area contributed by atoms with Gasteiger partial charge in [-0.2, -0.15) is 0 Å². The molecule has 6 heteroatoms. The zero-order chi connectivity index (χ0) is 13.4. The molecule has 0 aliphatic carbocycles. The van der Waals surface area contributed by atoms with Crippen molar-refractivity contribution in [3.05, 3.63) is 12.7 Å². The Hall–Kier alpha value is -0.880. The average molecular weight is 272 g/mol. The van der Waals surface area contributed by atoms with Gasteiger partial charge in [0, 0.05) is 26.2 Å². The fourth-order valence-corrected chi connectivity index (χ4v) is 3.78. The van der Waals surface area contributed by atoms with E-state index in [1.807, 2.05) is 4.90 Å². The van der Waals surface area contributed by atoms with E-state index in [2.05, 4.69) is 6.58 Å². The second-order valence-corrected chi connectivity index (χ2v) is 7.21. The Kier molecular flexibility index (Phi) is 3.51. The van der Waals surface area contributed by atoms with Crippen molar-refractivity contribution in [2.24, 2.45) is 5.41 Å². The third kappa shape index (κ3) is 2.31. The SMILES string of the molecule is C=CCN1CCC2(CCN(S(C)(=O)=O)CC2)C1=O. The maximum Gasteiger partial charge on any atom is 0.229 e. The highest BCUT2D eigenvalue weighted by Gasteiger charge is 2.48. The molecule has 0 aromatic rings. The van der Waals surface area contributed by atoms with Gasteiger partial charge in [-0.05, 0) is 19.3 Å². The monoisotopic (exact) mass is 272 g/mol. The summed E-state index contributed by atoms with van der Waals surface area (Å²) >= 11 is 0. The zero-order valence-corrected chi connectivity index (χ0v) is 11.6. The van der Waals surface area contributed by atoms with Crippen molar-refractivity contribution >= 4 is 15.9 Å². The predicted octanol–water partition coefficient (Wildman–Crippen LogP) is 0.447. The van der Waals surface area contributed by atoms with Crippen molar-refractivity contribution in [1.82, 2.24) is 9.21 Å². The van der Waals surface area contributed by atoms with E-state index in [0.717, 1.165) is 13.0 Å². The fourth-order valence-electron chi connectivity index (χ4n) is 2.93. The van der Waals surface area contributed by atoms with Gasteiger partial charge in [-0.3, -0.25) is 4.79 Å². The highest BCUT2D eigenvalue weighted by molar-refractivity contribution is 7.88. The van der Waals surface area contributed by atoms with Gasteiger partial charge in [0.1, 0.15) is 0 Å².